The zero-order valence-electron chi connectivity index (χ0n) is 18.2. The van der Waals surface area contributed by atoms with Crippen molar-refractivity contribution < 1.29 is 4.79 Å². The van der Waals surface area contributed by atoms with Gasteiger partial charge in [0.15, 0.2) is 5.65 Å². The lowest BCUT2D eigenvalue weighted by molar-refractivity contribution is -0.129. The minimum Gasteiger partial charge on any atom is -0.338 e. The minimum atomic E-state index is -0.0850. The number of H-pyrrole nitrogens is 1. The number of fused-ring (bicyclic) bond motifs is 2. The third-order valence-corrected chi connectivity index (χ3v) is 6.67. The van der Waals surface area contributed by atoms with Crippen molar-refractivity contribution in [3.8, 4) is 0 Å². The lowest BCUT2D eigenvalue weighted by atomic mass is 9.98. The first-order chi connectivity index (χ1) is 15.0. The van der Waals surface area contributed by atoms with E-state index in [1.54, 1.807) is 16.3 Å². The second kappa shape index (κ2) is 7.96. The van der Waals surface area contributed by atoms with Crippen LogP contribution in [0.5, 0.6) is 0 Å². The average molecular weight is 420 g/mol. The molecule has 0 aliphatic carbocycles. The molecule has 0 unspecified atom stereocenters. The van der Waals surface area contributed by atoms with E-state index in [9.17, 15) is 9.59 Å². The molecule has 7 nitrogen and oxygen atoms in total. The maximum Gasteiger partial charge on any atom is 0.277 e. The molecule has 1 aromatic carbocycles. The number of aryl methyl sites for hydroxylation is 1. The van der Waals surface area contributed by atoms with E-state index in [1.807, 2.05) is 6.07 Å². The van der Waals surface area contributed by atoms with Gasteiger partial charge >= 0.3 is 0 Å². The Morgan fingerprint density at radius 2 is 2.10 bits per heavy atom. The average Bonchev–Trinajstić information content (AvgIpc) is 3.18. The van der Waals surface area contributed by atoms with Gasteiger partial charge in [0.25, 0.3) is 5.56 Å². The van der Waals surface area contributed by atoms with Crippen LogP contribution in [0.2, 0.25) is 0 Å². The Labute approximate surface area is 181 Å². The molecule has 1 saturated heterocycles. The third kappa shape index (κ3) is 3.78. The Bertz CT molecular complexity index is 1190. The van der Waals surface area contributed by atoms with E-state index in [2.05, 4.69) is 41.2 Å². The Morgan fingerprint density at radius 3 is 2.90 bits per heavy atom. The van der Waals surface area contributed by atoms with E-state index in [1.165, 1.54) is 24.0 Å². The van der Waals surface area contributed by atoms with Crippen LogP contribution >= 0.6 is 0 Å². The molecule has 1 amide bonds. The highest BCUT2D eigenvalue weighted by atomic mass is 16.2. The van der Waals surface area contributed by atoms with Gasteiger partial charge in [-0.1, -0.05) is 36.2 Å². The zero-order valence-corrected chi connectivity index (χ0v) is 18.2. The first-order valence-electron chi connectivity index (χ1n) is 11.2. The fourth-order valence-electron chi connectivity index (χ4n) is 5.02. The summed E-state index contributed by atoms with van der Waals surface area (Å²) in [5, 5.41) is 3.35. The predicted octanol–water partition coefficient (Wildman–Crippen LogP) is 2.96. The molecule has 0 bridgehead atoms. The van der Waals surface area contributed by atoms with Crippen LogP contribution in [-0.2, 0) is 24.3 Å². The van der Waals surface area contributed by atoms with Gasteiger partial charge in [0.2, 0.25) is 5.91 Å². The van der Waals surface area contributed by atoms with Gasteiger partial charge in [-0.2, -0.15) is 0 Å². The van der Waals surface area contributed by atoms with Crippen molar-refractivity contribution in [2.24, 2.45) is 0 Å². The molecule has 0 radical (unpaired) electrons. The molecule has 0 saturated carbocycles. The number of aromatic nitrogens is 3. The third-order valence-electron chi connectivity index (χ3n) is 6.67. The Hall–Kier alpha value is -2.93. The largest absolute Gasteiger partial charge is 0.338 e. The van der Waals surface area contributed by atoms with Gasteiger partial charge in [-0.25, -0.2) is 9.50 Å². The Kier molecular flexibility index (Phi) is 5.14. The summed E-state index contributed by atoms with van der Waals surface area (Å²) in [4.78, 5) is 34.0. The first kappa shape index (κ1) is 20.0. The highest BCUT2D eigenvalue weighted by Gasteiger charge is 2.28. The van der Waals surface area contributed by atoms with Crippen LogP contribution in [0.25, 0.3) is 5.65 Å². The van der Waals surface area contributed by atoms with E-state index < -0.39 is 0 Å². The van der Waals surface area contributed by atoms with Crippen molar-refractivity contribution in [3.63, 3.8) is 0 Å². The molecule has 7 heteroatoms. The van der Waals surface area contributed by atoms with E-state index in [0.717, 1.165) is 30.9 Å². The number of piperidine rings is 1. The maximum absolute atomic E-state index is 13.2. The lowest BCUT2D eigenvalue weighted by Gasteiger charge is -2.35. The van der Waals surface area contributed by atoms with Gasteiger partial charge in [0.1, 0.15) is 0 Å². The summed E-state index contributed by atoms with van der Waals surface area (Å²) in [5.41, 5.74) is 5.69. The van der Waals surface area contributed by atoms with Crippen LogP contribution in [0.15, 0.2) is 35.1 Å². The molecule has 1 fully saturated rings. The molecule has 3 aromatic rings. The monoisotopic (exact) mass is 419 g/mol. The molecule has 162 valence electrons. The summed E-state index contributed by atoms with van der Waals surface area (Å²) in [6.07, 6.45) is 4.06. The van der Waals surface area contributed by atoms with Gasteiger partial charge < -0.3 is 4.90 Å². The van der Waals surface area contributed by atoms with Crippen molar-refractivity contribution in [1.29, 1.82) is 0 Å². The number of carbonyl (C=O) groups is 1. The minimum absolute atomic E-state index is 0.00341. The standard InChI is InChI=1S/C24H29N5O2/c1-16-6-5-7-18(12-16)14-28-10-4-3-8-22(28)21-13-23-25-20-9-11-27(17(2)30)15-19(20)24(31)29(23)26-21/h5-7,12-13,22,26H,3-4,8-11,14-15H2,1-2H3/t22-/m1/s1. The number of hydrogen-bond donors (Lipinski definition) is 1. The fourth-order valence-corrected chi connectivity index (χ4v) is 5.02. The molecule has 0 spiro atoms. The highest BCUT2D eigenvalue weighted by molar-refractivity contribution is 5.73. The number of nitrogens with zero attached hydrogens (tertiary/aromatic N) is 4. The van der Waals surface area contributed by atoms with Crippen LogP contribution in [0.3, 0.4) is 0 Å². The summed E-state index contributed by atoms with van der Waals surface area (Å²) in [6.45, 7) is 6.58. The van der Waals surface area contributed by atoms with E-state index in [4.69, 9.17) is 4.98 Å². The van der Waals surface area contributed by atoms with Crippen molar-refractivity contribution in [2.45, 2.75) is 58.7 Å². The van der Waals surface area contributed by atoms with Crippen molar-refractivity contribution in [3.05, 3.63) is 68.8 Å². The molecular weight excluding hydrogens is 390 g/mol. The molecule has 1 N–H and O–H groups in total. The number of amides is 1. The van der Waals surface area contributed by atoms with Crippen molar-refractivity contribution in [2.75, 3.05) is 13.1 Å². The molecule has 2 aromatic heterocycles. The normalized spacial score (nSPS) is 19.5. The molecule has 4 heterocycles. The van der Waals surface area contributed by atoms with E-state index >= 15 is 0 Å². The summed E-state index contributed by atoms with van der Waals surface area (Å²) in [7, 11) is 0. The summed E-state index contributed by atoms with van der Waals surface area (Å²) in [5.74, 6) is -0.00341. The van der Waals surface area contributed by atoms with Gasteiger partial charge in [0, 0.05) is 32.5 Å². The number of carbonyl (C=O) groups excluding carboxylic acids is 1. The molecule has 2 aliphatic heterocycles. The molecule has 5 rings (SSSR count). The molecule has 31 heavy (non-hydrogen) atoms. The molecule has 2 aliphatic rings. The summed E-state index contributed by atoms with van der Waals surface area (Å²) in [6, 6.07) is 11.0. The van der Waals surface area contributed by atoms with Gasteiger partial charge in [-0.05, 0) is 31.9 Å². The number of nitrogens with one attached hydrogen (secondary N) is 1. The van der Waals surface area contributed by atoms with Crippen molar-refractivity contribution >= 4 is 11.6 Å². The summed E-state index contributed by atoms with van der Waals surface area (Å²) < 4.78 is 1.57. The number of rotatable bonds is 3. The van der Waals surface area contributed by atoms with E-state index in [0.29, 0.717) is 30.7 Å². The van der Waals surface area contributed by atoms with Crippen LogP contribution in [0.1, 0.15) is 60.3 Å². The van der Waals surface area contributed by atoms with Gasteiger partial charge in [0.05, 0.1) is 29.5 Å². The number of benzene rings is 1. The van der Waals surface area contributed by atoms with Gasteiger partial charge in [-0.3, -0.25) is 19.6 Å². The second-order valence-corrected chi connectivity index (χ2v) is 8.91. The Balaban J connectivity index is 1.48. The van der Waals surface area contributed by atoms with Crippen LogP contribution in [-0.4, -0.2) is 43.4 Å². The fraction of sp³-hybridized carbons (Fsp3) is 0.458. The quantitative estimate of drug-likeness (QED) is 0.708. The number of likely N-dealkylation sites (tertiary alicyclic amines) is 1. The lowest BCUT2D eigenvalue weighted by Crippen LogP contribution is -2.39. The smallest absolute Gasteiger partial charge is 0.277 e. The van der Waals surface area contributed by atoms with Crippen LogP contribution < -0.4 is 5.56 Å². The first-order valence-corrected chi connectivity index (χ1v) is 11.2. The highest BCUT2D eigenvalue weighted by Crippen LogP contribution is 2.32. The second-order valence-electron chi connectivity index (χ2n) is 8.91. The summed E-state index contributed by atoms with van der Waals surface area (Å²) >= 11 is 0. The number of aromatic amines is 1. The van der Waals surface area contributed by atoms with Crippen LogP contribution in [0.4, 0.5) is 0 Å². The number of hydrogen-bond acceptors (Lipinski definition) is 4. The van der Waals surface area contributed by atoms with E-state index in [-0.39, 0.29) is 17.5 Å². The topological polar surface area (TPSA) is 73.7 Å². The SMILES string of the molecule is CC(=O)N1CCc2nc3cc([C@H]4CCCCN4Cc4cccc(C)c4)[nH]n3c(=O)c2C1. The predicted molar refractivity (Wildman–Crippen MR) is 119 cm³/mol. The Morgan fingerprint density at radius 1 is 1.23 bits per heavy atom. The van der Waals surface area contributed by atoms with Crippen LogP contribution in [0, 0.1) is 6.92 Å². The zero-order chi connectivity index (χ0) is 21.5. The van der Waals surface area contributed by atoms with Gasteiger partial charge in [-0.15, -0.1) is 0 Å². The molecule has 1 atom stereocenters. The molecular formula is C24H29N5O2. The van der Waals surface area contributed by atoms with Crippen molar-refractivity contribution in [1.82, 2.24) is 24.4 Å². The maximum atomic E-state index is 13.2.